The first-order chi connectivity index (χ1) is 7.70. The summed E-state index contributed by atoms with van der Waals surface area (Å²) in [5, 5.41) is 1.16. The first-order valence-electron chi connectivity index (χ1n) is 5.51. The molecule has 2 rings (SSSR count). The highest BCUT2D eigenvalue weighted by atomic mass is 35.5. The molecular formula is C12H15Cl2NO. The Balaban J connectivity index is 2.10. The van der Waals surface area contributed by atoms with Crippen LogP contribution in [0.5, 0.6) is 5.75 Å². The van der Waals surface area contributed by atoms with Crippen LogP contribution in [0.3, 0.4) is 0 Å². The third kappa shape index (κ3) is 3.03. The first-order valence-corrected chi connectivity index (χ1v) is 6.27. The number of ether oxygens (including phenoxy) is 1. The van der Waals surface area contributed by atoms with Crippen molar-refractivity contribution in [3.63, 3.8) is 0 Å². The van der Waals surface area contributed by atoms with E-state index in [1.54, 1.807) is 0 Å². The predicted octanol–water partition coefficient (Wildman–Crippen LogP) is 3.28. The summed E-state index contributed by atoms with van der Waals surface area (Å²) in [5.74, 6) is 1.30. The zero-order valence-corrected chi connectivity index (χ0v) is 10.5. The van der Waals surface area contributed by atoms with E-state index in [9.17, 15) is 0 Å². The van der Waals surface area contributed by atoms with Gasteiger partial charge in [-0.2, -0.15) is 0 Å². The molecule has 0 heterocycles. The third-order valence-corrected chi connectivity index (χ3v) is 3.21. The van der Waals surface area contributed by atoms with Crippen molar-refractivity contribution < 1.29 is 4.74 Å². The zero-order chi connectivity index (χ0) is 11.5. The Morgan fingerprint density at radius 3 is 2.38 bits per heavy atom. The van der Waals surface area contributed by atoms with Crippen LogP contribution in [0.1, 0.15) is 18.4 Å². The summed E-state index contributed by atoms with van der Waals surface area (Å²) in [7, 11) is 0. The average molecular weight is 260 g/mol. The molecule has 1 aliphatic carbocycles. The number of hydrogen-bond acceptors (Lipinski definition) is 2. The Morgan fingerprint density at radius 2 is 1.88 bits per heavy atom. The number of nitrogens with two attached hydrogens (primary N) is 1. The van der Waals surface area contributed by atoms with Crippen LogP contribution in [0.15, 0.2) is 12.1 Å². The van der Waals surface area contributed by atoms with E-state index in [0.29, 0.717) is 28.3 Å². The van der Waals surface area contributed by atoms with Gasteiger partial charge in [-0.3, -0.25) is 0 Å². The fraction of sp³-hybridized carbons (Fsp3) is 0.500. The van der Waals surface area contributed by atoms with Crippen LogP contribution in [0, 0.1) is 5.92 Å². The second kappa shape index (κ2) is 5.26. The minimum atomic E-state index is 0.580. The number of benzene rings is 1. The fourth-order valence-electron chi connectivity index (χ4n) is 1.55. The molecule has 2 N–H and O–H groups in total. The number of halogens is 2. The second-order valence-electron chi connectivity index (χ2n) is 4.18. The van der Waals surface area contributed by atoms with Gasteiger partial charge in [0.2, 0.25) is 0 Å². The lowest BCUT2D eigenvalue weighted by atomic mass is 10.1. The minimum Gasteiger partial charge on any atom is -0.490 e. The monoisotopic (exact) mass is 259 g/mol. The highest BCUT2D eigenvalue weighted by molar-refractivity contribution is 6.37. The first kappa shape index (κ1) is 12.0. The van der Waals surface area contributed by atoms with Gasteiger partial charge < -0.3 is 10.5 Å². The molecule has 1 aromatic rings. The molecule has 0 aliphatic heterocycles. The molecule has 0 radical (unpaired) electrons. The van der Waals surface area contributed by atoms with Crippen molar-refractivity contribution in [2.24, 2.45) is 11.7 Å². The molecule has 1 aliphatic rings. The summed E-state index contributed by atoms with van der Waals surface area (Å²) >= 11 is 12.2. The average Bonchev–Trinajstić information content (AvgIpc) is 3.00. The van der Waals surface area contributed by atoms with Gasteiger partial charge in [-0.05, 0) is 49.4 Å². The fourth-order valence-corrected chi connectivity index (χ4v) is 2.19. The highest BCUT2D eigenvalue weighted by Gasteiger charge is 2.23. The van der Waals surface area contributed by atoms with Crippen LogP contribution < -0.4 is 10.5 Å². The van der Waals surface area contributed by atoms with Crippen molar-refractivity contribution in [1.82, 2.24) is 0 Å². The molecule has 0 saturated heterocycles. The number of rotatable bonds is 5. The lowest BCUT2D eigenvalue weighted by Crippen LogP contribution is -2.04. The molecule has 0 amide bonds. The van der Waals surface area contributed by atoms with Gasteiger partial charge in [-0.1, -0.05) is 23.2 Å². The van der Waals surface area contributed by atoms with Gasteiger partial charge >= 0.3 is 0 Å². The molecule has 1 aromatic carbocycles. The van der Waals surface area contributed by atoms with Crippen LogP contribution in [0.4, 0.5) is 0 Å². The van der Waals surface area contributed by atoms with E-state index in [4.69, 9.17) is 33.7 Å². The van der Waals surface area contributed by atoms with E-state index in [2.05, 4.69) is 0 Å². The van der Waals surface area contributed by atoms with Crippen LogP contribution >= 0.6 is 23.2 Å². The van der Waals surface area contributed by atoms with Crippen LogP contribution in [0.2, 0.25) is 10.0 Å². The van der Waals surface area contributed by atoms with Crippen molar-refractivity contribution in [2.75, 3.05) is 13.2 Å². The summed E-state index contributed by atoms with van der Waals surface area (Å²) in [6, 6.07) is 3.76. The van der Waals surface area contributed by atoms with E-state index in [1.807, 2.05) is 12.1 Å². The topological polar surface area (TPSA) is 35.2 Å². The van der Waals surface area contributed by atoms with Gasteiger partial charge in [0.1, 0.15) is 0 Å². The maximum atomic E-state index is 6.12. The minimum absolute atomic E-state index is 0.580. The molecule has 2 nitrogen and oxygen atoms in total. The molecular weight excluding hydrogens is 245 g/mol. The molecule has 88 valence electrons. The van der Waals surface area contributed by atoms with Gasteiger partial charge in [0, 0.05) is 0 Å². The van der Waals surface area contributed by atoms with Crippen molar-refractivity contribution in [1.29, 1.82) is 0 Å². The summed E-state index contributed by atoms with van der Waals surface area (Å²) in [4.78, 5) is 0. The van der Waals surface area contributed by atoms with Gasteiger partial charge in [0.15, 0.2) is 5.75 Å². The van der Waals surface area contributed by atoms with Gasteiger partial charge in [-0.15, -0.1) is 0 Å². The van der Waals surface area contributed by atoms with Gasteiger partial charge in [0.25, 0.3) is 0 Å². The van der Waals surface area contributed by atoms with Gasteiger partial charge in [-0.25, -0.2) is 0 Å². The van der Waals surface area contributed by atoms with E-state index < -0.39 is 0 Å². The normalized spacial score (nSPS) is 15.2. The lowest BCUT2D eigenvalue weighted by Gasteiger charge is -2.11. The molecule has 0 aromatic heterocycles. The summed E-state index contributed by atoms with van der Waals surface area (Å²) in [6.45, 7) is 1.31. The summed E-state index contributed by atoms with van der Waals surface area (Å²) in [5.41, 5.74) is 6.54. The van der Waals surface area contributed by atoms with Gasteiger partial charge in [0.05, 0.1) is 16.7 Å². The molecule has 0 bridgehead atoms. The second-order valence-corrected chi connectivity index (χ2v) is 5.00. The maximum Gasteiger partial charge on any atom is 0.156 e. The zero-order valence-electron chi connectivity index (χ0n) is 9.01. The van der Waals surface area contributed by atoms with E-state index in [1.165, 1.54) is 12.8 Å². The van der Waals surface area contributed by atoms with Crippen LogP contribution in [-0.2, 0) is 6.42 Å². The molecule has 1 fully saturated rings. The predicted molar refractivity (Wildman–Crippen MR) is 67.4 cm³/mol. The maximum absolute atomic E-state index is 6.12. The van der Waals surface area contributed by atoms with Crippen molar-refractivity contribution >= 4 is 23.2 Å². The Hall–Kier alpha value is -0.440. The number of hydrogen-bond donors (Lipinski definition) is 1. The Labute approximate surface area is 106 Å². The third-order valence-electron chi connectivity index (χ3n) is 2.65. The molecule has 1 saturated carbocycles. The highest BCUT2D eigenvalue weighted by Crippen LogP contribution is 2.36. The molecule has 0 unspecified atom stereocenters. The lowest BCUT2D eigenvalue weighted by molar-refractivity contribution is 0.300. The van der Waals surface area contributed by atoms with Crippen molar-refractivity contribution in [2.45, 2.75) is 19.3 Å². The molecule has 4 heteroatoms. The SMILES string of the molecule is NCCc1cc(Cl)c(OCC2CC2)c(Cl)c1. The van der Waals surface area contributed by atoms with Crippen molar-refractivity contribution in [3.8, 4) is 5.75 Å². The molecule has 0 spiro atoms. The molecule has 0 atom stereocenters. The van der Waals surface area contributed by atoms with Crippen LogP contribution in [-0.4, -0.2) is 13.2 Å². The Kier molecular flexibility index (Phi) is 3.95. The Bertz CT molecular complexity index is 354. The van der Waals surface area contributed by atoms with Crippen molar-refractivity contribution in [3.05, 3.63) is 27.7 Å². The van der Waals surface area contributed by atoms with E-state index >= 15 is 0 Å². The van der Waals surface area contributed by atoms with Crippen LogP contribution in [0.25, 0.3) is 0 Å². The summed E-state index contributed by atoms with van der Waals surface area (Å²) in [6.07, 6.45) is 3.28. The quantitative estimate of drug-likeness (QED) is 0.881. The standard InChI is InChI=1S/C12H15Cl2NO/c13-10-5-9(3-4-15)6-11(14)12(10)16-7-8-1-2-8/h5-6,8H,1-4,7,15H2. The Morgan fingerprint density at radius 1 is 1.25 bits per heavy atom. The molecule has 16 heavy (non-hydrogen) atoms. The largest absolute Gasteiger partial charge is 0.490 e. The smallest absolute Gasteiger partial charge is 0.156 e. The van der Waals surface area contributed by atoms with E-state index in [0.717, 1.165) is 18.6 Å². The van der Waals surface area contributed by atoms with E-state index in [-0.39, 0.29) is 0 Å². The summed E-state index contributed by atoms with van der Waals surface area (Å²) < 4.78 is 5.63.